The SMILES string of the molecule is CCOC(=O)[C@H](C)N1C(=O)S/C(=C/c2cc(Cl)cc(Br)c2O)C1=O. The molecule has 9 heteroatoms. The number of imide groups is 1. The summed E-state index contributed by atoms with van der Waals surface area (Å²) in [7, 11) is 0. The Morgan fingerprint density at radius 1 is 1.50 bits per heavy atom. The molecule has 0 bridgehead atoms. The number of aromatic hydroxyl groups is 1. The smallest absolute Gasteiger partial charge is 0.329 e. The lowest BCUT2D eigenvalue weighted by molar-refractivity contribution is -0.150. The Hall–Kier alpha value is -1.51. The average molecular weight is 435 g/mol. The lowest BCUT2D eigenvalue weighted by Crippen LogP contribution is -2.42. The van der Waals surface area contributed by atoms with Crippen LogP contribution in [0.3, 0.4) is 0 Å². The fraction of sp³-hybridized carbons (Fsp3) is 0.267. The molecule has 128 valence electrons. The number of thioether (sulfide) groups is 1. The van der Waals surface area contributed by atoms with E-state index < -0.39 is 23.2 Å². The number of hydrogen-bond acceptors (Lipinski definition) is 6. The van der Waals surface area contributed by atoms with Gasteiger partial charge < -0.3 is 9.84 Å². The van der Waals surface area contributed by atoms with Gasteiger partial charge in [0, 0.05) is 10.6 Å². The molecule has 1 aromatic rings. The van der Waals surface area contributed by atoms with E-state index in [1.165, 1.54) is 25.1 Å². The summed E-state index contributed by atoms with van der Waals surface area (Å²) in [6.45, 7) is 3.21. The molecule has 2 rings (SSSR count). The van der Waals surface area contributed by atoms with Crippen LogP contribution in [0.4, 0.5) is 4.79 Å². The standard InChI is InChI=1S/C15H13BrClNO5S/c1-3-23-14(21)7(2)18-13(20)11(24-15(18)22)5-8-4-9(17)6-10(16)12(8)19/h4-7,19H,3H2,1-2H3/b11-5+/t7-/m0/s1. The van der Waals surface area contributed by atoms with Gasteiger partial charge >= 0.3 is 5.97 Å². The first-order chi connectivity index (χ1) is 11.3. The van der Waals surface area contributed by atoms with Crippen molar-refractivity contribution < 1.29 is 24.2 Å². The first kappa shape index (κ1) is 18.8. The minimum atomic E-state index is -1.02. The lowest BCUT2D eigenvalue weighted by Gasteiger charge is -2.19. The molecular weight excluding hydrogens is 422 g/mol. The maximum Gasteiger partial charge on any atom is 0.329 e. The van der Waals surface area contributed by atoms with Crippen molar-refractivity contribution in [1.82, 2.24) is 4.90 Å². The normalized spacial score (nSPS) is 17.5. The Balaban J connectivity index is 2.33. The number of benzene rings is 1. The molecule has 2 amide bonds. The third-order valence-electron chi connectivity index (χ3n) is 3.18. The lowest BCUT2D eigenvalue weighted by atomic mass is 10.2. The summed E-state index contributed by atoms with van der Waals surface area (Å²) in [5.74, 6) is -1.39. The van der Waals surface area contributed by atoms with Crippen LogP contribution in [0.2, 0.25) is 5.02 Å². The molecule has 6 nitrogen and oxygen atoms in total. The summed E-state index contributed by atoms with van der Waals surface area (Å²) in [4.78, 5) is 37.2. The van der Waals surface area contributed by atoms with E-state index in [9.17, 15) is 19.5 Å². The molecule has 1 aromatic carbocycles. The fourth-order valence-electron chi connectivity index (χ4n) is 2.02. The van der Waals surface area contributed by atoms with Gasteiger partial charge in [-0.3, -0.25) is 14.5 Å². The number of carbonyl (C=O) groups excluding carboxylic acids is 3. The van der Waals surface area contributed by atoms with Crippen molar-refractivity contribution in [1.29, 1.82) is 0 Å². The van der Waals surface area contributed by atoms with Crippen LogP contribution in [-0.4, -0.2) is 39.8 Å². The van der Waals surface area contributed by atoms with E-state index in [1.807, 2.05) is 0 Å². The highest BCUT2D eigenvalue weighted by Gasteiger charge is 2.41. The maximum atomic E-state index is 12.4. The molecule has 0 unspecified atom stereocenters. The van der Waals surface area contributed by atoms with Gasteiger partial charge in [-0.15, -0.1) is 0 Å². The number of rotatable bonds is 4. The summed E-state index contributed by atoms with van der Waals surface area (Å²) in [5.41, 5.74) is 0.281. The molecule has 1 fully saturated rings. The second-order valence-corrected chi connectivity index (χ2v) is 7.09. The molecular formula is C15H13BrClNO5S. The zero-order valence-corrected chi connectivity index (χ0v) is 15.9. The molecule has 1 aliphatic rings. The van der Waals surface area contributed by atoms with E-state index in [2.05, 4.69) is 15.9 Å². The highest BCUT2D eigenvalue weighted by molar-refractivity contribution is 9.10. The molecule has 0 saturated carbocycles. The molecule has 1 atom stereocenters. The van der Waals surface area contributed by atoms with E-state index in [-0.39, 0.29) is 22.8 Å². The number of halogens is 2. The predicted octanol–water partition coefficient (Wildman–Crippen LogP) is 3.80. The molecule has 0 aliphatic carbocycles. The minimum Gasteiger partial charge on any atom is -0.506 e. The van der Waals surface area contributed by atoms with Crippen molar-refractivity contribution >= 4 is 62.5 Å². The van der Waals surface area contributed by atoms with Gasteiger partial charge in [0.15, 0.2) is 0 Å². The largest absolute Gasteiger partial charge is 0.506 e. The van der Waals surface area contributed by atoms with Crippen molar-refractivity contribution in [3.8, 4) is 5.75 Å². The van der Waals surface area contributed by atoms with E-state index in [0.717, 1.165) is 4.90 Å². The summed E-state index contributed by atoms with van der Waals surface area (Å²) in [5, 5.41) is 9.80. The number of ether oxygens (including phenoxy) is 1. The average Bonchev–Trinajstić information content (AvgIpc) is 2.78. The van der Waals surface area contributed by atoms with Gasteiger partial charge in [0.05, 0.1) is 16.0 Å². The quantitative estimate of drug-likeness (QED) is 0.573. The van der Waals surface area contributed by atoms with E-state index in [4.69, 9.17) is 16.3 Å². The Labute approximate surface area is 155 Å². The monoisotopic (exact) mass is 433 g/mol. The second kappa shape index (κ2) is 7.58. The van der Waals surface area contributed by atoms with Crippen LogP contribution >= 0.6 is 39.3 Å². The van der Waals surface area contributed by atoms with Crippen molar-refractivity contribution in [2.24, 2.45) is 0 Å². The zero-order chi connectivity index (χ0) is 18.0. The summed E-state index contributed by atoms with van der Waals surface area (Å²) in [6.07, 6.45) is 1.36. The topological polar surface area (TPSA) is 83.9 Å². The van der Waals surface area contributed by atoms with Crippen molar-refractivity contribution in [3.05, 3.63) is 32.1 Å². The van der Waals surface area contributed by atoms with Crippen LogP contribution in [0.5, 0.6) is 5.75 Å². The highest BCUT2D eigenvalue weighted by atomic mass is 79.9. The first-order valence-corrected chi connectivity index (χ1v) is 8.86. The van der Waals surface area contributed by atoms with Crippen LogP contribution in [0, 0.1) is 0 Å². The Morgan fingerprint density at radius 3 is 2.79 bits per heavy atom. The van der Waals surface area contributed by atoms with E-state index in [1.54, 1.807) is 6.92 Å². The summed E-state index contributed by atoms with van der Waals surface area (Å²) in [6, 6.07) is 1.94. The fourth-order valence-corrected chi connectivity index (χ4v) is 3.75. The van der Waals surface area contributed by atoms with Gasteiger partial charge in [0.2, 0.25) is 0 Å². The van der Waals surface area contributed by atoms with Gasteiger partial charge in [-0.2, -0.15) is 0 Å². The number of esters is 1. The third-order valence-corrected chi connectivity index (χ3v) is 4.89. The van der Waals surface area contributed by atoms with Crippen molar-refractivity contribution in [2.75, 3.05) is 6.61 Å². The molecule has 0 aromatic heterocycles. The number of amides is 2. The Kier molecular flexibility index (Phi) is 5.95. The van der Waals surface area contributed by atoms with Gasteiger partial charge in [-0.05, 0) is 59.7 Å². The van der Waals surface area contributed by atoms with Crippen LogP contribution < -0.4 is 0 Å². The molecule has 1 N–H and O–H groups in total. The molecule has 24 heavy (non-hydrogen) atoms. The molecule has 0 radical (unpaired) electrons. The van der Waals surface area contributed by atoms with Crippen LogP contribution in [-0.2, 0) is 14.3 Å². The number of phenolic OH excluding ortho intramolecular Hbond substituents is 1. The minimum absolute atomic E-state index is 0.0839. The van der Waals surface area contributed by atoms with Crippen LogP contribution in [0.1, 0.15) is 19.4 Å². The van der Waals surface area contributed by atoms with Gasteiger partial charge in [0.1, 0.15) is 11.8 Å². The highest BCUT2D eigenvalue weighted by Crippen LogP contribution is 2.38. The van der Waals surface area contributed by atoms with E-state index >= 15 is 0 Å². The third kappa shape index (κ3) is 3.76. The van der Waals surface area contributed by atoms with Crippen LogP contribution in [0.25, 0.3) is 6.08 Å². The van der Waals surface area contributed by atoms with Gasteiger partial charge in [-0.25, -0.2) is 4.79 Å². The van der Waals surface area contributed by atoms with Gasteiger partial charge in [0.25, 0.3) is 11.1 Å². The molecule has 1 heterocycles. The number of phenols is 1. The number of nitrogens with zero attached hydrogens (tertiary/aromatic N) is 1. The zero-order valence-electron chi connectivity index (χ0n) is 12.7. The number of hydrogen-bond donors (Lipinski definition) is 1. The summed E-state index contributed by atoms with van der Waals surface area (Å²) >= 11 is 9.76. The Bertz CT molecular complexity index is 752. The Morgan fingerprint density at radius 2 is 2.17 bits per heavy atom. The second-order valence-electron chi connectivity index (χ2n) is 4.81. The summed E-state index contributed by atoms with van der Waals surface area (Å²) < 4.78 is 5.20. The molecule has 1 aliphatic heterocycles. The van der Waals surface area contributed by atoms with Crippen molar-refractivity contribution in [3.63, 3.8) is 0 Å². The molecule has 1 saturated heterocycles. The van der Waals surface area contributed by atoms with Crippen molar-refractivity contribution in [2.45, 2.75) is 19.9 Å². The van der Waals surface area contributed by atoms with E-state index in [0.29, 0.717) is 21.3 Å². The maximum absolute atomic E-state index is 12.4. The predicted molar refractivity (Wildman–Crippen MR) is 94.7 cm³/mol. The van der Waals surface area contributed by atoms with Crippen LogP contribution in [0.15, 0.2) is 21.5 Å². The molecule has 0 spiro atoms. The van der Waals surface area contributed by atoms with Gasteiger partial charge in [-0.1, -0.05) is 11.6 Å². The number of carbonyl (C=O) groups is 3. The first-order valence-electron chi connectivity index (χ1n) is 6.88.